The third-order valence-corrected chi connectivity index (χ3v) is 19.5. The lowest BCUT2D eigenvalue weighted by molar-refractivity contribution is -0.144. The van der Waals surface area contributed by atoms with Crippen LogP contribution < -0.4 is 31.9 Å². The SMILES string of the molecule is CN[C@@H](C)C(=O)N[C@@H]1CCSC2CC(C)(C)[C@H](C(=O)N[C@H]3c4ccccc4C[C@H]3OCCCCCCCCCCO[C@H]3Cc4ccccc4[C@H]3NC(=O)[C@@H]3N4C(=O)[C@H](NC(=O)[C@@H](C)NC)CCSC4CC3(C)C)N2C1=O. The Bertz CT molecular complexity index is 2230. The van der Waals surface area contributed by atoms with Crippen LogP contribution in [0.1, 0.15) is 153 Å². The first-order valence-electron chi connectivity index (χ1n) is 28.3. The zero-order chi connectivity index (χ0) is 54.3. The molecule has 0 bridgehead atoms. The molecule has 6 N–H and O–H groups in total. The van der Waals surface area contributed by atoms with Crippen molar-refractivity contribution in [3.63, 3.8) is 0 Å². The zero-order valence-corrected chi connectivity index (χ0v) is 47.9. The third kappa shape index (κ3) is 13.1. The maximum atomic E-state index is 14.5. The van der Waals surface area contributed by atoms with E-state index in [0.717, 1.165) is 74.0 Å². The lowest BCUT2D eigenvalue weighted by Crippen LogP contribution is -2.58. The van der Waals surface area contributed by atoms with Crippen LogP contribution in [-0.4, -0.2) is 143 Å². The summed E-state index contributed by atoms with van der Waals surface area (Å²) >= 11 is 3.39. The van der Waals surface area contributed by atoms with Crippen LogP contribution in [-0.2, 0) is 51.1 Å². The van der Waals surface area contributed by atoms with Gasteiger partial charge in [0.05, 0.1) is 47.1 Å². The summed E-state index contributed by atoms with van der Waals surface area (Å²) in [7, 11) is 3.43. The van der Waals surface area contributed by atoms with Crippen LogP contribution in [0.5, 0.6) is 0 Å². The van der Waals surface area contributed by atoms with E-state index in [0.29, 0.717) is 51.7 Å². The molecule has 2 aromatic rings. The minimum absolute atomic E-state index is 0.138. The first-order valence-corrected chi connectivity index (χ1v) is 30.4. The fraction of sp³-hybridized carbons (Fsp3) is 0.690. The van der Waals surface area contributed by atoms with Gasteiger partial charge in [0.25, 0.3) is 0 Å². The van der Waals surface area contributed by atoms with Gasteiger partial charge in [-0.2, -0.15) is 0 Å². The number of ether oxygens (including phenoxy) is 2. The van der Waals surface area contributed by atoms with Gasteiger partial charge in [-0.1, -0.05) is 115 Å². The molecule has 16 nitrogen and oxygen atoms in total. The molecular formula is C58H86N8O8S2. The number of nitrogens with zero attached hydrogens (tertiary/aromatic N) is 2. The van der Waals surface area contributed by atoms with Gasteiger partial charge in [0.1, 0.15) is 24.2 Å². The van der Waals surface area contributed by atoms with Crippen molar-refractivity contribution < 1.29 is 38.2 Å². The maximum absolute atomic E-state index is 14.5. The minimum Gasteiger partial charge on any atom is -0.375 e. The number of rotatable bonds is 23. The van der Waals surface area contributed by atoms with E-state index in [1.807, 2.05) is 24.3 Å². The third-order valence-electron chi connectivity index (χ3n) is 17.0. The van der Waals surface area contributed by atoms with Crippen LogP contribution in [0.2, 0.25) is 0 Å². The van der Waals surface area contributed by atoms with E-state index in [1.54, 1.807) is 61.3 Å². The van der Waals surface area contributed by atoms with E-state index in [1.165, 1.54) is 11.1 Å². The highest BCUT2D eigenvalue weighted by Gasteiger charge is 2.57. The number of likely N-dealkylation sites (N-methyl/N-ethyl adjacent to an activating group) is 2. The van der Waals surface area contributed by atoms with Crippen LogP contribution in [0.25, 0.3) is 0 Å². The van der Waals surface area contributed by atoms with Crippen LogP contribution >= 0.6 is 23.5 Å². The lowest BCUT2D eigenvalue weighted by Gasteiger charge is -2.35. The number of hydrogen-bond donors (Lipinski definition) is 6. The molecule has 0 saturated carbocycles. The van der Waals surface area contributed by atoms with Crippen LogP contribution in [0.4, 0.5) is 0 Å². The Balaban J connectivity index is 0.762. The second-order valence-corrected chi connectivity index (χ2v) is 26.0. The molecule has 2 unspecified atom stereocenters. The quantitative estimate of drug-likeness (QED) is 0.0704. The molecule has 6 amide bonds. The molecule has 4 saturated heterocycles. The van der Waals surface area contributed by atoms with Crippen molar-refractivity contribution >= 4 is 59.0 Å². The molecule has 4 fully saturated rings. The van der Waals surface area contributed by atoms with Crippen LogP contribution in [0.15, 0.2) is 48.5 Å². The van der Waals surface area contributed by atoms with Gasteiger partial charge in [-0.3, -0.25) is 28.8 Å². The van der Waals surface area contributed by atoms with Crippen molar-refractivity contribution in [2.75, 3.05) is 38.8 Å². The van der Waals surface area contributed by atoms with Gasteiger partial charge in [0, 0.05) is 26.1 Å². The normalized spacial score (nSPS) is 29.1. The van der Waals surface area contributed by atoms with Gasteiger partial charge in [-0.05, 0) is 111 Å². The van der Waals surface area contributed by atoms with Crippen molar-refractivity contribution in [2.24, 2.45) is 10.8 Å². The molecule has 2 aromatic carbocycles. The average molecular weight is 1090 g/mol. The highest BCUT2D eigenvalue weighted by molar-refractivity contribution is 8.00. The average Bonchev–Trinajstić information content (AvgIpc) is 4.07. The Labute approximate surface area is 460 Å². The zero-order valence-electron chi connectivity index (χ0n) is 46.3. The second kappa shape index (κ2) is 25.7. The smallest absolute Gasteiger partial charge is 0.246 e. The summed E-state index contributed by atoms with van der Waals surface area (Å²) in [6.07, 6.45) is 11.9. The molecular weight excluding hydrogens is 1000 g/mol. The summed E-state index contributed by atoms with van der Waals surface area (Å²) in [6.45, 7) is 13.0. The van der Waals surface area contributed by atoms with Gasteiger partial charge >= 0.3 is 0 Å². The van der Waals surface area contributed by atoms with Crippen LogP contribution in [0.3, 0.4) is 0 Å². The van der Waals surface area contributed by atoms with Gasteiger partial charge in [-0.15, -0.1) is 23.5 Å². The lowest BCUT2D eigenvalue weighted by atomic mass is 9.83. The van der Waals surface area contributed by atoms with Gasteiger partial charge in [-0.25, -0.2) is 0 Å². The molecule has 76 heavy (non-hydrogen) atoms. The van der Waals surface area contributed by atoms with E-state index >= 15 is 0 Å². The molecule has 418 valence electrons. The molecule has 6 aliphatic rings. The summed E-state index contributed by atoms with van der Waals surface area (Å²) in [6, 6.07) is 12.2. The Morgan fingerprint density at radius 3 is 1.33 bits per heavy atom. The molecule has 0 spiro atoms. The predicted molar refractivity (Wildman–Crippen MR) is 299 cm³/mol. The molecule has 2 aliphatic carbocycles. The Hall–Kier alpha value is -4.20. The molecule has 18 heteroatoms. The number of unbranched alkanes of at least 4 members (excludes halogenated alkanes) is 7. The van der Waals surface area contributed by atoms with Gasteiger partial charge in [0.15, 0.2) is 0 Å². The summed E-state index contributed by atoms with van der Waals surface area (Å²) in [5.74, 6) is 0.244. The van der Waals surface area contributed by atoms with Gasteiger partial charge in [0.2, 0.25) is 35.4 Å². The van der Waals surface area contributed by atoms with Gasteiger partial charge < -0.3 is 51.2 Å². The highest BCUT2D eigenvalue weighted by Crippen LogP contribution is 2.48. The fourth-order valence-corrected chi connectivity index (χ4v) is 15.7. The first kappa shape index (κ1) is 58.0. The second-order valence-electron chi connectivity index (χ2n) is 23.5. The highest BCUT2D eigenvalue weighted by atomic mass is 32.2. The van der Waals surface area contributed by atoms with E-state index in [-0.39, 0.29) is 70.5 Å². The van der Waals surface area contributed by atoms with Crippen molar-refractivity contribution in [3.05, 3.63) is 70.8 Å². The van der Waals surface area contributed by atoms with Crippen molar-refractivity contribution in [2.45, 2.75) is 203 Å². The van der Waals surface area contributed by atoms with Crippen LogP contribution in [0, 0.1) is 10.8 Å². The van der Waals surface area contributed by atoms with E-state index in [2.05, 4.69) is 83.9 Å². The standard InChI is InChI=1S/C58H86N8O8S2/c1-35(59-7)51(67)61-41-25-29-75-45-33-57(3,4)49(65(45)55(41)71)53(69)63-47-39-23-17-15-21-37(39)31-43(47)73-27-19-13-11-9-10-12-14-20-28-74-44-32-38-22-16-18-24-40(38)48(44)64-54(70)50-58(5,6)34-46-66(50)56(72)42(26-30-76-46)62-52(68)36(2)60-8/h15-18,21-24,35-36,41-50,59-60H,9-14,19-20,25-34H2,1-8H3,(H,61,67)(H,62,68)(H,63,69)(H,64,70)/t35-,36+,41-,42-,43+,44-,45?,46?,47-,48+,49+,50+/m1/s1. The number of benzene rings is 2. The number of thioether (sulfide) groups is 2. The Kier molecular flexibility index (Phi) is 19.6. The molecule has 4 aliphatic heterocycles. The molecule has 12 atom stereocenters. The van der Waals surface area contributed by atoms with E-state index in [9.17, 15) is 28.8 Å². The minimum atomic E-state index is -0.683. The van der Waals surface area contributed by atoms with Crippen molar-refractivity contribution in [1.82, 2.24) is 41.7 Å². The number of nitrogens with one attached hydrogen (secondary N) is 6. The maximum Gasteiger partial charge on any atom is 0.246 e. The largest absolute Gasteiger partial charge is 0.375 e. The summed E-state index contributed by atoms with van der Waals surface area (Å²) in [5, 5.41) is 18.3. The number of carbonyl (C=O) groups is 6. The number of hydrogen-bond acceptors (Lipinski definition) is 12. The Morgan fingerprint density at radius 2 is 0.947 bits per heavy atom. The monoisotopic (exact) mass is 1090 g/mol. The molecule has 8 rings (SSSR count). The van der Waals surface area contributed by atoms with E-state index in [4.69, 9.17) is 9.47 Å². The predicted octanol–water partition coefficient (Wildman–Crippen LogP) is 6.07. The first-order chi connectivity index (χ1) is 36.4. The number of fused-ring (bicyclic) bond motifs is 4. The van der Waals surface area contributed by atoms with Crippen molar-refractivity contribution in [3.8, 4) is 0 Å². The molecule has 0 radical (unpaired) electrons. The molecule has 4 heterocycles. The number of amides is 6. The van der Waals surface area contributed by atoms with Crippen molar-refractivity contribution in [1.29, 1.82) is 0 Å². The number of carbonyl (C=O) groups excluding carboxylic acids is 6. The molecule has 0 aromatic heterocycles. The van der Waals surface area contributed by atoms with E-state index < -0.39 is 47.1 Å². The summed E-state index contributed by atoms with van der Waals surface area (Å²) < 4.78 is 13.2. The fourth-order valence-electron chi connectivity index (χ4n) is 12.5. The summed E-state index contributed by atoms with van der Waals surface area (Å²) in [4.78, 5) is 86.7. The topological polar surface area (TPSA) is 200 Å². The Morgan fingerprint density at radius 1 is 0.579 bits per heavy atom. The summed E-state index contributed by atoms with van der Waals surface area (Å²) in [5.41, 5.74) is 3.53.